The number of hydrogen-bond donors (Lipinski definition) is 1. The van der Waals surface area contributed by atoms with Crippen LogP contribution >= 0.6 is 15.9 Å². The van der Waals surface area contributed by atoms with E-state index >= 15 is 0 Å². The number of piperazine rings is 1. The smallest absolute Gasteiger partial charge is 0.331 e. The zero-order valence-electron chi connectivity index (χ0n) is 11.5. The van der Waals surface area contributed by atoms with Gasteiger partial charge in [0.05, 0.1) is 6.10 Å². The number of carbonyl (C=O) groups is 1. The van der Waals surface area contributed by atoms with Crippen LogP contribution in [0.15, 0.2) is 22.7 Å². The summed E-state index contributed by atoms with van der Waals surface area (Å²) in [5, 5.41) is 3.32. The fourth-order valence-corrected chi connectivity index (χ4v) is 2.80. The summed E-state index contributed by atoms with van der Waals surface area (Å²) in [6.07, 6.45) is 6.55. The van der Waals surface area contributed by atoms with Gasteiger partial charge in [0.25, 0.3) is 0 Å². The predicted molar refractivity (Wildman–Crippen MR) is 79.2 cm³/mol. The molecule has 5 heteroatoms. The van der Waals surface area contributed by atoms with E-state index < -0.39 is 5.54 Å². The molecule has 2 aliphatic rings. The number of rotatable bonds is 3. The first-order chi connectivity index (χ1) is 9.04. The number of allylic oxidation sites excluding steroid dienone is 2. The molecule has 0 aromatic heterocycles. The Labute approximate surface area is 123 Å². The van der Waals surface area contributed by atoms with Crippen LogP contribution in [-0.2, 0) is 9.53 Å². The first-order valence-corrected chi connectivity index (χ1v) is 7.55. The van der Waals surface area contributed by atoms with Crippen LogP contribution in [0.4, 0.5) is 0 Å². The normalized spacial score (nSPS) is 28.3. The fourth-order valence-electron chi connectivity index (χ4n) is 2.50. The van der Waals surface area contributed by atoms with Gasteiger partial charge in [0, 0.05) is 30.7 Å². The molecule has 1 atom stereocenters. The summed E-state index contributed by atoms with van der Waals surface area (Å²) in [6.45, 7) is 7.33. The van der Waals surface area contributed by atoms with Crippen molar-refractivity contribution in [2.75, 3.05) is 26.2 Å². The molecule has 0 aromatic carbocycles. The molecular weight excluding hydrogens is 308 g/mol. The average molecular weight is 329 g/mol. The minimum atomic E-state index is -0.635. The van der Waals surface area contributed by atoms with Crippen LogP contribution in [0, 0.1) is 0 Å². The molecule has 106 valence electrons. The SMILES string of the molecule is CC(C)OC(=O)[C@]1(N2CCNCC2)C=CC(Br)=CC1. The Morgan fingerprint density at radius 3 is 2.68 bits per heavy atom. The van der Waals surface area contributed by atoms with Crippen LogP contribution in [0.3, 0.4) is 0 Å². The first kappa shape index (κ1) is 14.8. The zero-order valence-corrected chi connectivity index (χ0v) is 13.1. The van der Waals surface area contributed by atoms with Crippen molar-refractivity contribution < 1.29 is 9.53 Å². The lowest BCUT2D eigenvalue weighted by molar-refractivity contribution is -0.159. The summed E-state index contributed by atoms with van der Waals surface area (Å²) in [4.78, 5) is 14.8. The lowest BCUT2D eigenvalue weighted by atomic mass is 9.88. The second kappa shape index (κ2) is 6.20. The van der Waals surface area contributed by atoms with E-state index in [0.29, 0.717) is 6.42 Å². The minimum Gasteiger partial charge on any atom is -0.461 e. The summed E-state index contributed by atoms with van der Waals surface area (Å²) in [5.41, 5.74) is -0.635. The molecule has 1 N–H and O–H groups in total. The van der Waals surface area contributed by atoms with Gasteiger partial charge in [-0.05, 0) is 26.3 Å². The van der Waals surface area contributed by atoms with Crippen molar-refractivity contribution >= 4 is 21.9 Å². The highest BCUT2D eigenvalue weighted by Gasteiger charge is 2.44. The standard InChI is InChI=1S/C14H21BrN2O2/c1-11(2)19-13(18)14(5-3-12(15)4-6-14)17-9-7-16-8-10-17/h3-5,11,16H,6-10H2,1-2H3/t14-/m0/s1. The topological polar surface area (TPSA) is 41.6 Å². The van der Waals surface area contributed by atoms with Crippen LogP contribution in [-0.4, -0.2) is 48.7 Å². The third-order valence-electron chi connectivity index (χ3n) is 3.50. The summed E-state index contributed by atoms with van der Waals surface area (Å²) < 4.78 is 6.51. The van der Waals surface area contributed by atoms with Crippen LogP contribution in [0.5, 0.6) is 0 Å². The molecule has 1 fully saturated rings. The molecule has 0 saturated carbocycles. The molecule has 0 aromatic rings. The van der Waals surface area contributed by atoms with Crippen molar-refractivity contribution in [3.05, 3.63) is 22.7 Å². The molecule has 0 bridgehead atoms. The third-order valence-corrected chi connectivity index (χ3v) is 4.09. The van der Waals surface area contributed by atoms with Gasteiger partial charge in [0.2, 0.25) is 0 Å². The van der Waals surface area contributed by atoms with Crippen molar-refractivity contribution in [2.45, 2.75) is 31.9 Å². The maximum absolute atomic E-state index is 12.6. The zero-order chi connectivity index (χ0) is 13.9. The van der Waals surface area contributed by atoms with Gasteiger partial charge in [-0.25, -0.2) is 4.79 Å². The Morgan fingerprint density at radius 2 is 2.16 bits per heavy atom. The van der Waals surface area contributed by atoms with E-state index in [9.17, 15) is 4.79 Å². The molecule has 1 saturated heterocycles. The highest BCUT2D eigenvalue weighted by Crippen LogP contribution is 2.31. The Hall–Kier alpha value is -0.650. The highest BCUT2D eigenvalue weighted by atomic mass is 79.9. The Bertz CT molecular complexity index is 400. The molecule has 1 heterocycles. The van der Waals surface area contributed by atoms with Gasteiger partial charge in [0.15, 0.2) is 0 Å². The monoisotopic (exact) mass is 328 g/mol. The second-order valence-electron chi connectivity index (χ2n) is 5.24. The van der Waals surface area contributed by atoms with Crippen LogP contribution in [0.25, 0.3) is 0 Å². The van der Waals surface area contributed by atoms with Crippen LogP contribution < -0.4 is 5.32 Å². The molecule has 4 nitrogen and oxygen atoms in total. The number of halogens is 1. The summed E-state index contributed by atoms with van der Waals surface area (Å²) in [5.74, 6) is -0.142. The van der Waals surface area contributed by atoms with E-state index in [1.54, 1.807) is 0 Å². The largest absolute Gasteiger partial charge is 0.461 e. The number of hydrogen-bond acceptors (Lipinski definition) is 4. The Morgan fingerprint density at radius 1 is 1.47 bits per heavy atom. The number of carbonyl (C=O) groups excluding carboxylic acids is 1. The van der Waals surface area contributed by atoms with E-state index in [1.165, 1.54) is 0 Å². The molecule has 1 aliphatic carbocycles. The van der Waals surface area contributed by atoms with Crippen molar-refractivity contribution in [1.29, 1.82) is 0 Å². The van der Waals surface area contributed by atoms with E-state index in [4.69, 9.17) is 4.74 Å². The number of nitrogens with zero attached hydrogens (tertiary/aromatic N) is 1. The molecule has 1 aliphatic heterocycles. The molecule has 0 spiro atoms. The first-order valence-electron chi connectivity index (χ1n) is 6.76. The lowest BCUT2D eigenvalue weighted by Gasteiger charge is -2.43. The van der Waals surface area contributed by atoms with Crippen molar-refractivity contribution in [1.82, 2.24) is 10.2 Å². The quantitative estimate of drug-likeness (QED) is 0.802. The average Bonchev–Trinajstić information content (AvgIpc) is 2.40. The second-order valence-corrected chi connectivity index (χ2v) is 6.16. The molecular formula is C14H21BrN2O2. The Balaban J connectivity index is 2.23. The van der Waals surface area contributed by atoms with Gasteiger partial charge in [-0.3, -0.25) is 4.90 Å². The molecule has 0 unspecified atom stereocenters. The van der Waals surface area contributed by atoms with Crippen LogP contribution in [0.1, 0.15) is 20.3 Å². The van der Waals surface area contributed by atoms with Gasteiger partial charge in [-0.2, -0.15) is 0 Å². The maximum atomic E-state index is 12.6. The van der Waals surface area contributed by atoms with Gasteiger partial charge in [0.1, 0.15) is 5.54 Å². The van der Waals surface area contributed by atoms with Gasteiger partial charge in [-0.15, -0.1) is 0 Å². The molecule has 2 rings (SSSR count). The van der Waals surface area contributed by atoms with Crippen molar-refractivity contribution in [3.63, 3.8) is 0 Å². The van der Waals surface area contributed by atoms with E-state index in [2.05, 4.69) is 26.1 Å². The van der Waals surface area contributed by atoms with Crippen molar-refractivity contribution in [3.8, 4) is 0 Å². The highest BCUT2D eigenvalue weighted by molar-refractivity contribution is 9.11. The number of esters is 1. The molecule has 19 heavy (non-hydrogen) atoms. The van der Waals surface area contributed by atoms with Gasteiger partial charge < -0.3 is 10.1 Å². The number of ether oxygens (including phenoxy) is 1. The van der Waals surface area contributed by atoms with Crippen molar-refractivity contribution in [2.24, 2.45) is 0 Å². The Kier molecular flexibility index (Phi) is 4.81. The third kappa shape index (κ3) is 3.27. The van der Waals surface area contributed by atoms with Gasteiger partial charge in [-0.1, -0.05) is 28.1 Å². The molecule has 0 amide bonds. The van der Waals surface area contributed by atoms with E-state index in [1.807, 2.05) is 32.1 Å². The maximum Gasteiger partial charge on any atom is 0.331 e. The summed E-state index contributed by atoms with van der Waals surface area (Å²) in [7, 11) is 0. The van der Waals surface area contributed by atoms with Gasteiger partial charge >= 0.3 is 5.97 Å². The van der Waals surface area contributed by atoms with E-state index in [-0.39, 0.29) is 12.1 Å². The molecule has 0 radical (unpaired) electrons. The fraction of sp³-hybridized carbons (Fsp3) is 0.643. The lowest BCUT2D eigenvalue weighted by Crippen LogP contribution is -2.60. The van der Waals surface area contributed by atoms with E-state index in [0.717, 1.165) is 30.7 Å². The summed E-state index contributed by atoms with van der Waals surface area (Å²) in [6, 6.07) is 0. The van der Waals surface area contributed by atoms with Crippen LogP contribution in [0.2, 0.25) is 0 Å². The summed E-state index contributed by atoms with van der Waals surface area (Å²) >= 11 is 3.46. The number of nitrogens with one attached hydrogen (secondary N) is 1. The minimum absolute atomic E-state index is 0.0879. The predicted octanol–water partition coefficient (Wildman–Crippen LogP) is 1.82.